The number of hydrogen-bond acceptors (Lipinski definition) is 4. The average molecular weight is 474 g/mol. The van der Waals surface area contributed by atoms with E-state index in [2.05, 4.69) is 5.32 Å². The molecule has 2 atom stereocenters. The number of fused-ring (bicyclic) bond motifs is 6. The highest BCUT2D eigenvalue weighted by atomic mass is 16.5. The van der Waals surface area contributed by atoms with Crippen LogP contribution in [0.15, 0.2) is 48.5 Å². The lowest BCUT2D eigenvalue weighted by atomic mass is 9.72. The van der Waals surface area contributed by atoms with Crippen molar-refractivity contribution >= 4 is 23.4 Å². The average Bonchev–Trinajstić information content (AvgIpc) is 3.59. The highest BCUT2D eigenvalue weighted by Crippen LogP contribution is 2.57. The fourth-order valence-corrected chi connectivity index (χ4v) is 6.62. The van der Waals surface area contributed by atoms with E-state index < -0.39 is 11.5 Å². The molecule has 0 aromatic heterocycles. The number of benzene rings is 2. The number of amides is 3. The van der Waals surface area contributed by atoms with E-state index in [1.807, 2.05) is 53.4 Å². The molecule has 182 valence electrons. The molecule has 0 unspecified atom stereocenters. The van der Waals surface area contributed by atoms with Crippen molar-refractivity contribution < 1.29 is 19.1 Å². The Morgan fingerprint density at radius 3 is 2.71 bits per heavy atom. The quantitative estimate of drug-likeness (QED) is 0.689. The number of carbonyl (C=O) groups is 3. The van der Waals surface area contributed by atoms with Crippen molar-refractivity contribution in [1.29, 1.82) is 0 Å². The molecule has 0 radical (unpaired) electrons. The summed E-state index contributed by atoms with van der Waals surface area (Å²) in [6.45, 7) is 1.46. The van der Waals surface area contributed by atoms with Crippen molar-refractivity contribution in [3.63, 3.8) is 0 Å². The third kappa shape index (κ3) is 3.51. The summed E-state index contributed by atoms with van der Waals surface area (Å²) in [5.74, 6) is 0.611. The van der Waals surface area contributed by atoms with Gasteiger partial charge in [-0.15, -0.1) is 0 Å². The van der Waals surface area contributed by atoms with Crippen molar-refractivity contribution in [3.8, 4) is 5.75 Å². The lowest BCUT2D eigenvalue weighted by Gasteiger charge is -2.36. The number of rotatable bonds is 1. The fraction of sp³-hybridized carbons (Fsp3) is 0.464. The van der Waals surface area contributed by atoms with Crippen LogP contribution in [-0.2, 0) is 19.8 Å². The van der Waals surface area contributed by atoms with Crippen LogP contribution in [-0.4, -0.2) is 48.9 Å². The van der Waals surface area contributed by atoms with Gasteiger partial charge in [0.25, 0.3) is 0 Å². The van der Waals surface area contributed by atoms with Crippen LogP contribution in [0.4, 0.5) is 5.69 Å². The first-order valence-corrected chi connectivity index (χ1v) is 12.8. The van der Waals surface area contributed by atoms with E-state index in [1.54, 1.807) is 4.90 Å². The van der Waals surface area contributed by atoms with Gasteiger partial charge in [-0.1, -0.05) is 43.2 Å². The van der Waals surface area contributed by atoms with Gasteiger partial charge in [-0.2, -0.15) is 0 Å². The van der Waals surface area contributed by atoms with E-state index >= 15 is 0 Å². The summed E-state index contributed by atoms with van der Waals surface area (Å²) in [4.78, 5) is 44.5. The standard InChI is InChI=1S/C28H31N3O4/c32-24-18-31-23-12-4-3-11-22(23)28(27(31)34)13-15-30(26(33)19-7-1-2-8-19)25(28)20-9-5-10-21(17-20)35-16-6-14-29-24/h3-5,9-12,17,19,25H,1-2,6-8,13-16,18H2,(H,29,32)/t25-,28+/m0/s1. The second kappa shape index (κ2) is 8.70. The number of ether oxygens (including phenoxy) is 1. The SMILES string of the molecule is O=C1CN2C(=O)[C@]3(CCN(C(=O)C4CCCC4)[C@H]3c3cccc(c3)OCCCN1)c1ccccc12. The predicted octanol–water partition coefficient (Wildman–Crippen LogP) is 3.33. The number of anilines is 1. The first kappa shape index (κ1) is 22.1. The van der Waals surface area contributed by atoms with Crippen molar-refractivity contribution in [2.24, 2.45) is 5.92 Å². The zero-order valence-electron chi connectivity index (χ0n) is 19.9. The molecule has 3 heterocycles. The van der Waals surface area contributed by atoms with E-state index in [-0.39, 0.29) is 30.2 Å². The Morgan fingerprint density at radius 1 is 1.03 bits per heavy atom. The minimum Gasteiger partial charge on any atom is -0.494 e. The summed E-state index contributed by atoms with van der Waals surface area (Å²) in [5.41, 5.74) is 1.67. The topological polar surface area (TPSA) is 79.0 Å². The molecule has 1 aliphatic carbocycles. The molecule has 4 aliphatic rings. The Morgan fingerprint density at radius 2 is 1.86 bits per heavy atom. The highest BCUT2D eigenvalue weighted by molar-refractivity contribution is 6.12. The van der Waals surface area contributed by atoms with Gasteiger partial charge in [0.1, 0.15) is 17.7 Å². The van der Waals surface area contributed by atoms with Crippen molar-refractivity contribution in [2.45, 2.75) is 50.0 Å². The maximum absolute atomic E-state index is 14.3. The third-order valence-corrected chi connectivity index (χ3v) is 8.20. The van der Waals surface area contributed by atoms with Gasteiger partial charge < -0.3 is 19.9 Å². The number of likely N-dealkylation sites (tertiary alicyclic amines) is 1. The molecule has 1 saturated heterocycles. The van der Waals surface area contributed by atoms with E-state index in [9.17, 15) is 14.4 Å². The van der Waals surface area contributed by atoms with Gasteiger partial charge in [0.15, 0.2) is 0 Å². The summed E-state index contributed by atoms with van der Waals surface area (Å²) in [6, 6.07) is 15.2. The Balaban J connectivity index is 1.52. The number of hydrogen-bond donors (Lipinski definition) is 1. The summed E-state index contributed by atoms with van der Waals surface area (Å²) in [7, 11) is 0. The summed E-state index contributed by atoms with van der Waals surface area (Å²) in [6.07, 6.45) is 5.18. The summed E-state index contributed by atoms with van der Waals surface area (Å²) < 4.78 is 5.99. The molecule has 6 rings (SSSR count). The van der Waals surface area contributed by atoms with Crippen LogP contribution in [0.1, 0.15) is 55.7 Å². The van der Waals surface area contributed by atoms with E-state index in [4.69, 9.17) is 4.74 Å². The van der Waals surface area contributed by atoms with E-state index in [1.165, 1.54) is 0 Å². The number of para-hydroxylation sites is 1. The predicted molar refractivity (Wildman–Crippen MR) is 131 cm³/mol. The molecule has 2 fully saturated rings. The molecule has 1 spiro atoms. The van der Waals surface area contributed by atoms with Gasteiger partial charge in [0, 0.05) is 24.7 Å². The lowest BCUT2D eigenvalue weighted by molar-refractivity contribution is -0.137. The minimum atomic E-state index is -0.923. The minimum absolute atomic E-state index is 0.0197. The molecule has 1 N–H and O–H groups in total. The second-order valence-corrected chi connectivity index (χ2v) is 10.2. The van der Waals surface area contributed by atoms with Gasteiger partial charge in [-0.05, 0) is 55.0 Å². The van der Waals surface area contributed by atoms with Gasteiger partial charge in [0.05, 0.1) is 12.6 Å². The molecule has 3 aliphatic heterocycles. The Hall–Kier alpha value is -3.35. The maximum atomic E-state index is 14.3. The van der Waals surface area contributed by atoms with Crippen molar-refractivity contribution in [2.75, 3.05) is 31.1 Å². The monoisotopic (exact) mass is 473 g/mol. The van der Waals surface area contributed by atoms with Crippen LogP contribution >= 0.6 is 0 Å². The van der Waals surface area contributed by atoms with E-state index in [0.29, 0.717) is 32.5 Å². The largest absolute Gasteiger partial charge is 0.494 e. The normalized spacial score (nSPS) is 26.6. The van der Waals surface area contributed by atoms with Crippen LogP contribution in [0.3, 0.4) is 0 Å². The fourth-order valence-electron chi connectivity index (χ4n) is 6.62. The maximum Gasteiger partial charge on any atom is 0.240 e. The summed E-state index contributed by atoms with van der Waals surface area (Å²) in [5, 5.41) is 2.92. The van der Waals surface area contributed by atoms with Crippen LogP contribution in [0, 0.1) is 5.92 Å². The zero-order chi connectivity index (χ0) is 24.0. The zero-order valence-corrected chi connectivity index (χ0v) is 19.9. The Bertz CT molecular complexity index is 1170. The Labute approximate surface area is 205 Å². The number of nitrogens with zero attached hydrogens (tertiary/aromatic N) is 2. The molecule has 2 aromatic rings. The molecule has 7 nitrogen and oxygen atoms in total. The van der Waals surface area contributed by atoms with Crippen LogP contribution in [0.2, 0.25) is 0 Å². The molecule has 7 heteroatoms. The van der Waals surface area contributed by atoms with Crippen molar-refractivity contribution in [3.05, 3.63) is 59.7 Å². The van der Waals surface area contributed by atoms with E-state index in [0.717, 1.165) is 48.2 Å². The van der Waals surface area contributed by atoms with Crippen LogP contribution in [0.5, 0.6) is 5.75 Å². The molecule has 3 amide bonds. The number of nitrogens with one attached hydrogen (secondary N) is 1. The first-order valence-electron chi connectivity index (χ1n) is 12.8. The van der Waals surface area contributed by atoms with Gasteiger partial charge >= 0.3 is 0 Å². The molecule has 1 saturated carbocycles. The molecule has 4 bridgehead atoms. The Kier molecular flexibility index (Phi) is 5.50. The molecular weight excluding hydrogens is 442 g/mol. The molecule has 35 heavy (non-hydrogen) atoms. The van der Waals surface area contributed by atoms with Gasteiger partial charge in [-0.25, -0.2) is 0 Å². The third-order valence-electron chi connectivity index (χ3n) is 8.20. The summed E-state index contributed by atoms with van der Waals surface area (Å²) >= 11 is 0. The van der Waals surface area contributed by atoms with Crippen LogP contribution < -0.4 is 15.0 Å². The van der Waals surface area contributed by atoms with Gasteiger partial charge in [0.2, 0.25) is 17.7 Å². The number of carbonyl (C=O) groups excluding carboxylic acids is 3. The smallest absolute Gasteiger partial charge is 0.240 e. The highest BCUT2D eigenvalue weighted by Gasteiger charge is 2.62. The van der Waals surface area contributed by atoms with Crippen molar-refractivity contribution in [1.82, 2.24) is 10.2 Å². The van der Waals surface area contributed by atoms with Crippen LogP contribution in [0.25, 0.3) is 0 Å². The van der Waals surface area contributed by atoms with Gasteiger partial charge in [-0.3, -0.25) is 14.4 Å². The molecule has 2 aromatic carbocycles. The second-order valence-electron chi connectivity index (χ2n) is 10.2. The first-order chi connectivity index (χ1) is 17.1. The lowest BCUT2D eigenvalue weighted by Crippen LogP contribution is -2.48. The molecular formula is C28H31N3O4.